The third kappa shape index (κ3) is 2.43. The van der Waals surface area contributed by atoms with E-state index < -0.39 is 0 Å². The quantitative estimate of drug-likeness (QED) is 0.698. The van der Waals surface area contributed by atoms with Crippen molar-refractivity contribution in [1.29, 1.82) is 0 Å². The number of nitrogens with two attached hydrogens (primary N) is 1. The van der Waals surface area contributed by atoms with Gasteiger partial charge in [-0.05, 0) is 38.5 Å². The molecule has 0 radical (unpaired) electrons. The van der Waals surface area contributed by atoms with Crippen molar-refractivity contribution < 1.29 is 0 Å². The van der Waals surface area contributed by atoms with E-state index in [0.717, 1.165) is 17.6 Å². The third-order valence-electron chi connectivity index (χ3n) is 3.21. The molecule has 0 saturated heterocycles. The fourth-order valence-corrected chi connectivity index (χ4v) is 2.22. The van der Waals surface area contributed by atoms with Crippen molar-refractivity contribution >= 4 is 11.6 Å². The lowest BCUT2D eigenvalue weighted by Crippen LogP contribution is -2.25. The maximum Gasteiger partial charge on any atom is 0.168 e. The Balaban J connectivity index is 1.94. The van der Waals surface area contributed by atoms with Crippen LogP contribution < -0.4 is 11.1 Å². The van der Waals surface area contributed by atoms with Crippen LogP contribution in [0, 0.1) is 12.8 Å². The van der Waals surface area contributed by atoms with Gasteiger partial charge in [0.25, 0.3) is 0 Å². The number of imidazole rings is 1. The van der Waals surface area contributed by atoms with Crippen molar-refractivity contribution in [2.75, 3.05) is 11.1 Å². The van der Waals surface area contributed by atoms with Crippen LogP contribution in [0.2, 0.25) is 0 Å². The van der Waals surface area contributed by atoms with Crippen LogP contribution in [0.15, 0.2) is 0 Å². The van der Waals surface area contributed by atoms with Gasteiger partial charge in [-0.15, -0.1) is 0 Å². The van der Waals surface area contributed by atoms with Gasteiger partial charge < -0.3 is 16.0 Å². The van der Waals surface area contributed by atoms with Crippen LogP contribution in [-0.4, -0.2) is 16.0 Å². The molecule has 4 heteroatoms. The molecule has 2 rings (SSSR count). The van der Waals surface area contributed by atoms with E-state index in [9.17, 15) is 0 Å². The van der Waals surface area contributed by atoms with Gasteiger partial charge in [0, 0.05) is 6.04 Å². The third-order valence-corrected chi connectivity index (χ3v) is 3.21. The molecule has 84 valence electrons. The Kier molecular flexibility index (Phi) is 2.84. The fraction of sp³-hybridized carbons (Fsp3) is 0.727. The molecule has 0 spiro atoms. The summed E-state index contributed by atoms with van der Waals surface area (Å²) in [6, 6.07) is 0.547. The Morgan fingerprint density at radius 2 is 2.00 bits per heavy atom. The number of nitrogens with zero attached hydrogens (tertiary/aromatic N) is 1. The van der Waals surface area contributed by atoms with Gasteiger partial charge in [-0.3, -0.25) is 0 Å². The first kappa shape index (κ1) is 10.3. The molecule has 0 aliphatic heterocycles. The normalized spacial score (nSPS) is 26.5. The lowest BCUT2D eigenvalue weighted by molar-refractivity contribution is 0.361. The summed E-state index contributed by atoms with van der Waals surface area (Å²) < 4.78 is 0. The van der Waals surface area contributed by atoms with Gasteiger partial charge in [0.1, 0.15) is 11.6 Å². The maximum atomic E-state index is 5.81. The zero-order chi connectivity index (χ0) is 10.8. The minimum atomic E-state index is 0.547. The SMILES string of the molecule is Cc1nc(NC2CCC(C)CC2)c(N)[nH]1. The summed E-state index contributed by atoms with van der Waals surface area (Å²) in [6.45, 7) is 4.24. The first-order chi connectivity index (χ1) is 7.15. The molecular weight excluding hydrogens is 188 g/mol. The Morgan fingerprint density at radius 1 is 1.33 bits per heavy atom. The van der Waals surface area contributed by atoms with Crippen molar-refractivity contribution in [3.8, 4) is 0 Å². The highest BCUT2D eigenvalue weighted by atomic mass is 15.1. The Hall–Kier alpha value is -1.19. The van der Waals surface area contributed by atoms with Gasteiger partial charge in [-0.2, -0.15) is 0 Å². The Labute approximate surface area is 90.7 Å². The molecule has 1 aromatic heterocycles. The summed E-state index contributed by atoms with van der Waals surface area (Å²) in [4.78, 5) is 7.34. The molecule has 0 amide bonds. The van der Waals surface area contributed by atoms with Crippen molar-refractivity contribution in [3.63, 3.8) is 0 Å². The molecule has 1 fully saturated rings. The number of nitrogen functional groups attached to an aromatic ring is 1. The molecule has 1 aliphatic rings. The number of hydrogen-bond donors (Lipinski definition) is 3. The van der Waals surface area contributed by atoms with Crippen molar-refractivity contribution in [2.45, 2.75) is 45.6 Å². The lowest BCUT2D eigenvalue weighted by atomic mass is 9.87. The van der Waals surface area contributed by atoms with Gasteiger partial charge in [0.2, 0.25) is 0 Å². The number of rotatable bonds is 2. The van der Waals surface area contributed by atoms with Crippen LogP contribution in [0.3, 0.4) is 0 Å². The van der Waals surface area contributed by atoms with Crippen LogP contribution in [0.5, 0.6) is 0 Å². The molecular formula is C11H20N4. The molecule has 1 aliphatic carbocycles. The number of aromatic nitrogens is 2. The summed E-state index contributed by atoms with van der Waals surface area (Å²) in [5.41, 5.74) is 5.81. The molecule has 15 heavy (non-hydrogen) atoms. The van der Waals surface area contributed by atoms with E-state index in [0.29, 0.717) is 11.9 Å². The van der Waals surface area contributed by atoms with Crippen molar-refractivity contribution in [1.82, 2.24) is 9.97 Å². The lowest BCUT2D eigenvalue weighted by Gasteiger charge is -2.26. The molecule has 0 aromatic carbocycles. The molecule has 0 unspecified atom stereocenters. The van der Waals surface area contributed by atoms with Gasteiger partial charge in [0.05, 0.1) is 0 Å². The van der Waals surface area contributed by atoms with E-state index in [1.54, 1.807) is 0 Å². The van der Waals surface area contributed by atoms with Crippen LogP contribution >= 0.6 is 0 Å². The van der Waals surface area contributed by atoms with Gasteiger partial charge in [-0.25, -0.2) is 4.98 Å². The maximum absolute atomic E-state index is 5.81. The number of aryl methyl sites for hydroxylation is 1. The zero-order valence-electron chi connectivity index (χ0n) is 9.51. The first-order valence-corrected chi connectivity index (χ1v) is 5.73. The Morgan fingerprint density at radius 3 is 2.53 bits per heavy atom. The van der Waals surface area contributed by atoms with E-state index in [-0.39, 0.29) is 0 Å². The highest BCUT2D eigenvalue weighted by Gasteiger charge is 2.19. The molecule has 4 N–H and O–H groups in total. The van der Waals surface area contributed by atoms with Crippen LogP contribution in [0.4, 0.5) is 11.6 Å². The second-order valence-electron chi connectivity index (χ2n) is 4.69. The minimum Gasteiger partial charge on any atom is -0.382 e. The zero-order valence-corrected chi connectivity index (χ0v) is 9.51. The van der Waals surface area contributed by atoms with Crippen molar-refractivity contribution in [3.05, 3.63) is 5.82 Å². The first-order valence-electron chi connectivity index (χ1n) is 5.73. The standard InChI is InChI=1S/C11H20N4/c1-7-3-5-9(6-4-7)15-11-10(12)13-8(2)14-11/h7,9,15H,3-6,12H2,1-2H3,(H,13,14). The number of aromatic amines is 1. The largest absolute Gasteiger partial charge is 0.382 e. The summed E-state index contributed by atoms with van der Waals surface area (Å²) >= 11 is 0. The summed E-state index contributed by atoms with van der Waals surface area (Å²) in [6.07, 6.45) is 5.07. The minimum absolute atomic E-state index is 0.547. The molecule has 1 aromatic rings. The van der Waals surface area contributed by atoms with E-state index in [1.807, 2.05) is 6.92 Å². The van der Waals surface area contributed by atoms with Gasteiger partial charge in [-0.1, -0.05) is 6.92 Å². The van der Waals surface area contributed by atoms with Gasteiger partial charge in [0.15, 0.2) is 5.82 Å². The number of hydrogen-bond acceptors (Lipinski definition) is 3. The monoisotopic (exact) mass is 208 g/mol. The average molecular weight is 208 g/mol. The predicted molar refractivity (Wildman–Crippen MR) is 62.8 cm³/mol. The van der Waals surface area contributed by atoms with E-state index >= 15 is 0 Å². The Bertz CT molecular complexity index is 323. The highest BCUT2D eigenvalue weighted by Crippen LogP contribution is 2.26. The summed E-state index contributed by atoms with van der Waals surface area (Å²) in [5, 5.41) is 3.42. The number of H-pyrrole nitrogens is 1. The van der Waals surface area contributed by atoms with E-state index in [2.05, 4.69) is 22.2 Å². The molecule has 1 heterocycles. The fourth-order valence-electron chi connectivity index (χ4n) is 2.22. The average Bonchev–Trinajstić information content (AvgIpc) is 2.49. The summed E-state index contributed by atoms with van der Waals surface area (Å²) in [5.74, 6) is 3.23. The topological polar surface area (TPSA) is 66.7 Å². The van der Waals surface area contributed by atoms with E-state index in [4.69, 9.17) is 5.73 Å². The molecule has 4 nitrogen and oxygen atoms in total. The highest BCUT2D eigenvalue weighted by molar-refractivity contribution is 5.57. The molecule has 0 bridgehead atoms. The predicted octanol–water partition coefficient (Wildman–Crippen LogP) is 2.29. The van der Waals surface area contributed by atoms with Gasteiger partial charge >= 0.3 is 0 Å². The molecule has 1 saturated carbocycles. The summed E-state index contributed by atoms with van der Waals surface area (Å²) in [7, 11) is 0. The number of nitrogens with one attached hydrogen (secondary N) is 2. The second-order valence-corrected chi connectivity index (χ2v) is 4.69. The molecule has 0 atom stereocenters. The number of anilines is 2. The van der Waals surface area contributed by atoms with E-state index in [1.165, 1.54) is 25.7 Å². The smallest absolute Gasteiger partial charge is 0.168 e. The van der Waals surface area contributed by atoms with Crippen molar-refractivity contribution in [2.24, 2.45) is 5.92 Å². The van der Waals surface area contributed by atoms with Crippen LogP contribution in [0.1, 0.15) is 38.4 Å². The van der Waals surface area contributed by atoms with Crippen LogP contribution in [0.25, 0.3) is 0 Å². The second kappa shape index (κ2) is 4.13. The van der Waals surface area contributed by atoms with Crippen LogP contribution in [-0.2, 0) is 0 Å².